The molecule has 0 aliphatic heterocycles. The number of aromatic hydroxyl groups is 1. The molecule has 11 heteroatoms. The monoisotopic (exact) mass is 396 g/mol. The van der Waals surface area contributed by atoms with Crippen molar-refractivity contribution in [3.63, 3.8) is 0 Å². The molecule has 2 N–H and O–H groups in total. The summed E-state index contributed by atoms with van der Waals surface area (Å²) in [5, 5.41) is 13.0. The van der Waals surface area contributed by atoms with Crippen LogP contribution in [0, 0.1) is 11.6 Å². The highest BCUT2D eigenvalue weighted by Gasteiger charge is 2.15. The van der Waals surface area contributed by atoms with Gasteiger partial charge in [0.05, 0.1) is 17.5 Å². The van der Waals surface area contributed by atoms with E-state index in [1.165, 1.54) is 24.3 Å². The van der Waals surface area contributed by atoms with E-state index in [2.05, 4.69) is 14.8 Å². The minimum atomic E-state index is -3.57. The first-order chi connectivity index (χ1) is 12.7. The van der Waals surface area contributed by atoms with Gasteiger partial charge in [-0.25, -0.2) is 21.9 Å². The van der Waals surface area contributed by atoms with Crippen molar-refractivity contribution in [1.29, 1.82) is 0 Å². The van der Waals surface area contributed by atoms with Crippen molar-refractivity contribution in [2.45, 2.75) is 6.61 Å². The Morgan fingerprint density at radius 3 is 2.41 bits per heavy atom. The maximum atomic E-state index is 14.3. The average molecular weight is 396 g/mol. The van der Waals surface area contributed by atoms with Crippen molar-refractivity contribution < 1.29 is 27.0 Å². The summed E-state index contributed by atoms with van der Waals surface area (Å²) in [6.45, 7) is -0.360. The molecule has 3 aromatic rings. The zero-order chi connectivity index (χ0) is 19.6. The van der Waals surface area contributed by atoms with Crippen LogP contribution in [0.2, 0.25) is 0 Å². The van der Waals surface area contributed by atoms with Gasteiger partial charge < -0.3 is 9.84 Å². The van der Waals surface area contributed by atoms with Crippen LogP contribution in [0.5, 0.6) is 11.5 Å². The van der Waals surface area contributed by atoms with Crippen LogP contribution in [0.15, 0.2) is 42.7 Å². The SMILES string of the molecule is CS(=O)(=O)Nc1ncn(-c2cc(F)c(COc3ccc(O)cc3)c(F)c2)n1. The Morgan fingerprint density at radius 2 is 1.81 bits per heavy atom. The lowest BCUT2D eigenvalue weighted by Crippen LogP contribution is -2.11. The summed E-state index contributed by atoms with van der Waals surface area (Å²) in [5.74, 6) is -1.57. The smallest absolute Gasteiger partial charge is 0.256 e. The summed E-state index contributed by atoms with van der Waals surface area (Å²) in [4.78, 5) is 3.71. The van der Waals surface area contributed by atoms with Gasteiger partial charge in [0.1, 0.15) is 36.1 Å². The fraction of sp³-hybridized carbons (Fsp3) is 0.125. The Labute approximate surface area is 153 Å². The fourth-order valence-corrected chi connectivity index (χ4v) is 2.58. The molecule has 0 saturated heterocycles. The number of aromatic nitrogens is 3. The zero-order valence-electron chi connectivity index (χ0n) is 13.9. The number of sulfonamides is 1. The average Bonchev–Trinajstić information content (AvgIpc) is 3.02. The van der Waals surface area contributed by atoms with Crippen LogP contribution in [-0.2, 0) is 16.6 Å². The molecule has 0 amide bonds. The molecule has 3 rings (SSSR count). The minimum Gasteiger partial charge on any atom is -0.508 e. The van der Waals surface area contributed by atoms with E-state index >= 15 is 0 Å². The first-order valence-corrected chi connectivity index (χ1v) is 9.40. The van der Waals surface area contributed by atoms with Crippen molar-refractivity contribution in [3.8, 4) is 17.2 Å². The van der Waals surface area contributed by atoms with E-state index in [9.17, 15) is 22.3 Å². The Bertz CT molecular complexity index is 1050. The van der Waals surface area contributed by atoms with E-state index in [1.807, 2.05) is 0 Å². The van der Waals surface area contributed by atoms with Crippen molar-refractivity contribution >= 4 is 16.0 Å². The number of nitrogens with one attached hydrogen (secondary N) is 1. The van der Waals surface area contributed by atoms with Gasteiger partial charge in [0, 0.05) is 12.1 Å². The second kappa shape index (κ2) is 7.19. The molecule has 0 aliphatic carbocycles. The van der Waals surface area contributed by atoms with Crippen molar-refractivity contribution in [3.05, 3.63) is 59.9 Å². The number of nitrogens with zero attached hydrogens (tertiary/aromatic N) is 3. The topological polar surface area (TPSA) is 106 Å². The number of anilines is 1. The molecule has 0 radical (unpaired) electrons. The van der Waals surface area contributed by atoms with E-state index in [-0.39, 0.29) is 29.6 Å². The van der Waals surface area contributed by atoms with Crippen molar-refractivity contribution in [2.24, 2.45) is 0 Å². The summed E-state index contributed by atoms with van der Waals surface area (Å²) in [6, 6.07) is 7.75. The van der Waals surface area contributed by atoms with Crippen LogP contribution < -0.4 is 9.46 Å². The van der Waals surface area contributed by atoms with Gasteiger partial charge in [-0.2, -0.15) is 4.98 Å². The second-order valence-electron chi connectivity index (χ2n) is 5.56. The highest BCUT2D eigenvalue weighted by molar-refractivity contribution is 7.91. The van der Waals surface area contributed by atoms with Gasteiger partial charge in [-0.3, -0.25) is 4.72 Å². The van der Waals surface area contributed by atoms with E-state index in [4.69, 9.17) is 4.74 Å². The minimum absolute atomic E-state index is 0.0208. The lowest BCUT2D eigenvalue weighted by Gasteiger charge is -2.10. The van der Waals surface area contributed by atoms with E-state index < -0.39 is 21.7 Å². The summed E-state index contributed by atoms with van der Waals surface area (Å²) in [5.41, 5.74) is -0.270. The molecule has 142 valence electrons. The van der Waals surface area contributed by atoms with Gasteiger partial charge in [0.2, 0.25) is 10.0 Å². The van der Waals surface area contributed by atoms with Gasteiger partial charge in [-0.15, -0.1) is 5.10 Å². The third-order valence-corrected chi connectivity index (χ3v) is 3.93. The number of rotatable bonds is 6. The normalized spacial score (nSPS) is 11.4. The molecule has 1 heterocycles. The van der Waals surface area contributed by atoms with Crippen molar-refractivity contribution in [2.75, 3.05) is 11.0 Å². The third-order valence-electron chi connectivity index (χ3n) is 3.38. The number of hydrogen-bond acceptors (Lipinski definition) is 6. The van der Waals surface area contributed by atoms with E-state index in [1.54, 1.807) is 0 Å². The molecule has 2 aromatic carbocycles. The molecule has 27 heavy (non-hydrogen) atoms. The Morgan fingerprint density at radius 1 is 1.19 bits per heavy atom. The molecular weight excluding hydrogens is 382 g/mol. The Hall–Kier alpha value is -3.21. The maximum absolute atomic E-state index is 14.3. The summed E-state index contributed by atoms with van der Waals surface area (Å²) < 4.78 is 59.3. The van der Waals surface area contributed by atoms with Gasteiger partial charge in [0.25, 0.3) is 5.95 Å². The molecule has 0 atom stereocenters. The number of halogens is 2. The Balaban J connectivity index is 1.79. The summed E-state index contributed by atoms with van der Waals surface area (Å²) in [6.07, 6.45) is 2.05. The van der Waals surface area contributed by atoms with Crippen molar-refractivity contribution in [1.82, 2.24) is 14.8 Å². The number of ether oxygens (including phenoxy) is 1. The molecule has 0 saturated carbocycles. The largest absolute Gasteiger partial charge is 0.508 e. The first-order valence-electron chi connectivity index (χ1n) is 7.51. The predicted molar refractivity (Wildman–Crippen MR) is 92.2 cm³/mol. The number of hydrogen-bond donors (Lipinski definition) is 2. The standard InChI is InChI=1S/C16H14F2N4O4S/c1-27(24,25)21-16-19-9-22(20-16)10-6-14(17)13(15(18)7-10)8-26-12-4-2-11(23)3-5-12/h2-7,9,23H,8H2,1H3,(H,20,21). The molecule has 0 unspecified atom stereocenters. The molecule has 0 bridgehead atoms. The molecular formula is C16H14F2N4O4S. The van der Waals surface area contributed by atoms with Gasteiger partial charge in [-0.05, 0) is 24.3 Å². The van der Waals surface area contributed by atoms with Crippen LogP contribution in [0.3, 0.4) is 0 Å². The molecule has 0 fully saturated rings. The quantitative estimate of drug-likeness (QED) is 0.662. The molecule has 0 spiro atoms. The first kappa shape index (κ1) is 18.6. The van der Waals surface area contributed by atoms with Gasteiger partial charge in [-0.1, -0.05) is 0 Å². The fourth-order valence-electron chi connectivity index (χ4n) is 2.16. The van der Waals surface area contributed by atoms with Crippen LogP contribution in [0.25, 0.3) is 5.69 Å². The molecule has 8 nitrogen and oxygen atoms in total. The highest BCUT2D eigenvalue weighted by atomic mass is 32.2. The summed E-state index contributed by atoms with van der Waals surface area (Å²) >= 11 is 0. The molecule has 0 aliphatic rings. The number of benzene rings is 2. The molecule has 1 aromatic heterocycles. The van der Waals surface area contributed by atoms with Crippen LogP contribution in [-0.4, -0.2) is 34.5 Å². The van der Waals surface area contributed by atoms with Crippen LogP contribution in [0.1, 0.15) is 5.56 Å². The number of phenols is 1. The number of phenolic OH excluding ortho intramolecular Hbond substituents is 1. The lowest BCUT2D eigenvalue weighted by molar-refractivity contribution is 0.292. The summed E-state index contributed by atoms with van der Waals surface area (Å²) in [7, 11) is -3.57. The van der Waals surface area contributed by atoms with E-state index in [0.717, 1.165) is 29.4 Å². The van der Waals surface area contributed by atoms with Gasteiger partial charge in [0.15, 0.2) is 0 Å². The maximum Gasteiger partial charge on any atom is 0.256 e. The lowest BCUT2D eigenvalue weighted by atomic mass is 10.2. The van der Waals surface area contributed by atoms with E-state index in [0.29, 0.717) is 5.75 Å². The predicted octanol–water partition coefficient (Wildman–Crippen LogP) is 2.20. The highest BCUT2D eigenvalue weighted by Crippen LogP contribution is 2.22. The zero-order valence-corrected chi connectivity index (χ0v) is 14.7. The van der Waals surface area contributed by atoms with Gasteiger partial charge >= 0.3 is 0 Å². The Kier molecular flexibility index (Phi) is 4.95. The van der Waals surface area contributed by atoms with Crippen LogP contribution in [0.4, 0.5) is 14.7 Å². The second-order valence-corrected chi connectivity index (χ2v) is 7.31. The third kappa shape index (κ3) is 4.70. The van der Waals surface area contributed by atoms with Crippen LogP contribution >= 0.6 is 0 Å².